The predicted octanol–water partition coefficient (Wildman–Crippen LogP) is 4.89. The van der Waals surface area contributed by atoms with Crippen LogP contribution < -0.4 is 0 Å². The first-order chi connectivity index (χ1) is 6.65. The molecule has 0 nitrogen and oxygen atoms in total. The molecule has 1 rings (SSSR count). The molecule has 3 unspecified atom stereocenters. The van der Waals surface area contributed by atoms with Crippen molar-refractivity contribution in [2.45, 2.75) is 66.2 Å². The van der Waals surface area contributed by atoms with Gasteiger partial charge in [-0.15, -0.1) is 0 Å². The summed E-state index contributed by atoms with van der Waals surface area (Å²) >= 11 is 0. The van der Waals surface area contributed by atoms with Crippen LogP contribution in [0.15, 0.2) is 0 Å². The van der Waals surface area contributed by atoms with Gasteiger partial charge in [0.05, 0.1) is 0 Å². The monoisotopic (exact) mass is 196 g/mol. The van der Waals surface area contributed by atoms with Gasteiger partial charge in [0, 0.05) is 0 Å². The van der Waals surface area contributed by atoms with E-state index in [-0.39, 0.29) is 0 Å². The molecule has 0 heteroatoms. The topological polar surface area (TPSA) is 0 Å². The summed E-state index contributed by atoms with van der Waals surface area (Å²) in [6, 6.07) is 0. The molecule has 0 N–H and O–H groups in total. The second kappa shape index (κ2) is 5.78. The van der Waals surface area contributed by atoms with Gasteiger partial charge in [-0.2, -0.15) is 0 Å². The third-order valence-electron chi connectivity index (χ3n) is 3.97. The van der Waals surface area contributed by atoms with E-state index in [0.29, 0.717) is 0 Å². The highest BCUT2D eigenvalue weighted by Crippen LogP contribution is 2.40. The molecule has 1 fully saturated rings. The lowest BCUT2D eigenvalue weighted by atomic mass is 9.68. The zero-order chi connectivity index (χ0) is 10.6. The lowest BCUT2D eigenvalue weighted by molar-refractivity contribution is 0.133. The summed E-state index contributed by atoms with van der Waals surface area (Å²) in [6.07, 6.45) is 8.79. The van der Waals surface area contributed by atoms with E-state index in [1.165, 1.54) is 38.5 Å². The average Bonchev–Trinajstić information content (AvgIpc) is 2.10. The van der Waals surface area contributed by atoms with Gasteiger partial charge in [-0.25, -0.2) is 0 Å². The van der Waals surface area contributed by atoms with Crippen molar-refractivity contribution in [3.8, 4) is 0 Å². The molecular weight excluding hydrogens is 168 g/mol. The Kier molecular flexibility index (Phi) is 4.98. The Labute approximate surface area is 90.5 Å². The molecule has 1 aliphatic carbocycles. The molecule has 0 aromatic carbocycles. The molecule has 14 heavy (non-hydrogen) atoms. The van der Waals surface area contributed by atoms with Crippen LogP contribution in [0, 0.1) is 23.7 Å². The molecule has 0 radical (unpaired) electrons. The van der Waals surface area contributed by atoms with Crippen molar-refractivity contribution in [3.05, 3.63) is 0 Å². The minimum atomic E-state index is 0.893. The molecule has 0 spiro atoms. The van der Waals surface area contributed by atoms with Gasteiger partial charge in [-0.3, -0.25) is 0 Å². The predicted molar refractivity (Wildman–Crippen MR) is 64.4 cm³/mol. The van der Waals surface area contributed by atoms with Crippen molar-refractivity contribution in [2.75, 3.05) is 0 Å². The van der Waals surface area contributed by atoms with Crippen molar-refractivity contribution in [3.63, 3.8) is 0 Å². The maximum atomic E-state index is 2.48. The Bertz CT molecular complexity index is 148. The zero-order valence-electron chi connectivity index (χ0n) is 10.6. The third-order valence-corrected chi connectivity index (χ3v) is 3.97. The maximum absolute atomic E-state index is 2.48. The second-order valence-corrected chi connectivity index (χ2v) is 5.75. The van der Waals surface area contributed by atoms with Crippen molar-refractivity contribution < 1.29 is 0 Å². The van der Waals surface area contributed by atoms with Crippen molar-refractivity contribution >= 4 is 0 Å². The second-order valence-electron chi connectivity index (χ2n) is 5.75. The Hall–Kier alpha value is 0. The summed E-state index contributed by atoms with van der Waals surface area (Å²) in [5.41, 5.74) is 0. The molecule has 0 saturated heterocycles. The highest BCUT2D eigenvalue weighted by atomic mass is 14.3. The fourth-order valence-corrected chi connectivity index (χ4v) is 3.35. The van der Waals surface area contributed by atoms with E-state index in [0.717, 1.165) is 23.7 Å². The SMILES string of the molecule is CCCC1C(C)CCCC1CC(C)C. The standard InChI is InChI=1S/C14H28/c1-5-7-14-12(4)8-6-9-13(14)10-11(2)3/h11-14H,5-10H2,1-4H3. The third kappa shape index (κ3) is 3.29. The highest BCUT2D eigenvalue weighted by Gasteiger charge is 2.29. The molecule has 0 aliphatic heterocycles. The van der Waals surface area contributed by atoms with Gasteiger partial charge in [0.25, 0.3) is 0 Å². The van der Waals surface area contributed by atoms with Gasteiger partial charge in [0.15, 0.2) is 0 Å². The van der Waals surface area contributed by atoms with Gasteiger partial charge >= 0.3 is 0 Å². The first-order valence-electron chi connectivity index (χ1n) is 6.65. The maximum Gasteiger partial charge on any atom is -0.0360 e. The van der Waals surface area contributed by atoms with E-state index in [4.69, 9.17) is 0 Å². The molecule has 0 aromatic heterocycles. The van der Waals surface area contributed by atoms with E-state index in [9.17, 15) is 0 Å². The lowest BCUT2D eigenvalue weighted by Gasteiger charge is -2.37. The summed E-state index contributed by atoms with van der Waals surface area (Å²) in [5, 5.41) is 0. The number of hydrogen-bond acceptors (Lipinski definition) is 0. The van der Waals surface area contributed by atoms with Crippen LogP contribution in [-0.2, 0) is 0 Å². The van der Waals surface area contributed by atoms with Crippen LogP contribution in [0.5, 0.6) is 0 Å². The molecule has 0 heterocycles. The van der Waals surface area contributed by atoms with Crippen molar-refractivity contribution in [2.24, 2.45) is 23.7 Å². The van der Waals surface area contributed by atoms with Crippen LogP contribution in [-0.4, -0.2) is 0 Å². The quantitative estimate of drug-likeness (QED) is 0.601. The first kappa shape index (κ1) is 12.1. The van der Waals surface area contributed by atoms with E-state index in [1.807, 2.05) is 0 Å². The molecule has 3 atom stereocenters. The van der Waals surface area contributed by atoms with Gasteiger partial charge in [-0.1, -0.05) is 59.8 Å². The van der Waals surface area contributed by atoms with Crippen molar-refractivity contribution in [1.82, 2.24) is 0 Å². The Morgan fingerprint density at radius 1 is 1.21 bits per heavy atom. The minimum Gasteiger partial charge on any atom is -0.0654 e. The van der Waals surface area contributed by atoms with Gasteiger partial charge in [0.2, 0.25) is 0 Å². The van der Waals surface area contributed by atoms with Crippen LogP contribution in [0.4, 0.5) is 0 Å². The lowest BCUT2D eigenvalue weighted by Crippen LogP contribution is -2.27. The molecule has 0 bridgehead atoms. The number of rotatable bonds is 4. The van der Waals surface area contributed by atoms with Crippen LogP contribution in [0.1, 0.15) is 66.2 Å². The van der Waals surface area contributed by atoms with E-state index in [1.54, 1.807) is 0 Å². The number of hydrogen-bond donors (Lipinski definition) is 0. The van der Waals surface area contributed by atoms with E-state index in [2.05, 4.69) is 27.7 Å². The molecule has 1 aliphatic rings. The van der Waals surface area contributed by atoms with Crippen LogP contribution in [0.2, 0.25) is 0 Å². The summed E-state index contributed by atoms with van der Waals surface area (Å²) in [4.78, 5) is 0. The molecule has 0 aromatic rings. The Morgan fingerprint density at radius 2 is 1.93 bits per heavy atom. The van der Waals surface area contributed by atoms with Gasteiger partial charge in [0.1, 0.15) is 0 Å². The summed E-state index contributed by atoms with van der Waals surface area (Å²) in [6.45, 7) is 9.57. The van der Waals surface area contributed by atoms with Crippen LogP contribution in [0.3, 0.4) is 0 Å². The van der Waals surface area contributed by atoms with Gasteiger partial charge < -0.3 is 0 Å². The Balaban J connectivity index is 2.50. The first-order valence-corrected chi connectivity index (χ1v) is 6.65. The fourth-order valence-electron chi connectivity index (χ4n) is 3.35. The molecule has 0 amide bonds. The van der Waals surface area contributed by atoms with Crippen molar-refractivity contribution in [1.29, 1.82) is 0 Å². The normalized spacial score (nSPS) is 33.6. The fraction of sp³-hybridized carbons (Fsp3) is 1.00. The summed E-state index contributed by atoms with van der Waals surface area (Å²) in [5.74, 6) is 3.96. The van der Waals surface area contributed by atoms with E-state index >= 15 is 0 Å². The average molecular weight is 196 g/mol. The molecule has 1 saturated carbocycles. The summed E-state index contributed by atoms with van der Waals surface area (Å²) in [7, 11) is 0. The van der Waals surface area contributed by atoms with Crippen LogP contribution >= 0.6 is 0 Å². The highest BCUT2D eigenvalue weighted by molar-refractivity contribution is 4.80. The zero-order valence-corrected chi connectivity index (χ0v) is 10.6. The molecular formula is C14H28. The van der Waals surface area contributed by atoms with Gasteiger partial charge in [-0.05, 0) is 30.1 Å². The van der Waals surface area contributed by atoms with E-state index < -0.39 is 0 Å². The minimum absolute atomic E-state index is 0.893. The smallest absolute Gasteiger partial charge is 0.0360 e. The Morgan fingerprint density at radius 3 is 2.50 bits per heavy atom. The molecule has 84 valence electrons. The van der Waals surface area contributed by atoms with Crippen LogP contribution in [0.25, 0.3) is 0 Å². The summed E-state index contributed by atoms with van der Waals surface area (Å²) < 4.78 is 0. The largest absolute Gasteiger partial charge is 0.0654 e.